The molecule has 1 aliphatic heterocycles. The largest absolute Gasteiger partial charge is 0.415 e. The van der Waals surface area contributed by atoms with Gasteiger partial charge < -0.3 is 15.0 Å². The van der Waals surface area contributed by atoms with Crippen molar-refractivity contribution in [1.82, 2.24) is 9.80 Å². The van der Waals surface area contributed by atoms with Crippen molar-refractivity contribution in [2.45, 2.75) is 13.3 Å². The van der Waals surface area contributed by atoms with Crippen LogP contribution in [0, 0.1) is 0 Å². The number of anilines is 1. The first-order valence-corrected chi connectivity index (χ1v) is 9.21. The normalized spacial score (nSPS) is 14.6. The number of nitrogens with zero attached hydrogens (tertiary/aromatic N) is 2. The summed E-state index contributed by atoms with van der Waals surface area (Å²) in [6.07, 6.45) is 0.656. The summed E-state index contributed by atoms with van der Waals surface area (Å²) in [5, 5.41) is 2.77. The maximum Gasteiger partial charge on any atom is 0.415 e. The van der Waals surface area contributed by atoms with Gasteiger partial charge in [-0.05, 0) is 36.2 Å². The zero-order valence-electron chi connectivity index (χ0n) is 15.6. The lowest BCUT2D eigenvalue weighted by atomic mass is 10.1. The third-order valence-electron chi connectivity index (χ3n) is 4.57. The highest BCUT2D eigenvalue weighted by atomic mass is 16.6. The van der Waals surface area contributed by atoms with Gasteiger partial charge in [-0.3, -0.25) is 9.69 Å². The van der Waals surface area contributed by atoms with Gasteiger partial charge in [-0.25, -0.2) is 4.79 Å². The molecule has 0 radical (unpaired) electrons. The Hall–Kier alpha value is -2.86. The predicted molar refractivity (Wildman–Crippen MR) is 105 cm³/mol. The lowest BCUT2D eigenvalue weighted by Gasteiger charge is -2.34. The second kappa shape index (κ2) is 9.19. The Kier molecular flexibility index (Phi) is 6.44. The van der Waals surface area contributed by atoms with Gasteiger partial charge in [0.2, 0.25) is 5.91 Å². The highest BCUT2D eigenvalue weighted by molar-refractivity contribution is 5.88. The molecule has 1 N–H and O–H groups in total. The molecule has 0 bridgehead atoms. The van der Waals surface area contributed by atoms with E-state index in [4.69, 9.17) is 4.74 Å². The monoisotopic (exact) mass is 367 g/mol. The van der Waals surface area contributed by atoms with E-state index in [0.717, 1.165) is 31.7 Å². The van der Waals surface area contributed by atoms with Gasteiger partial charge in [0.1, 0.15) is 5.75 Å². The molecule has 1 fully saturated rings. The molecule has 142 valence electrons. The Morgan fingerprint density at radius 2 is 1.63 bits per heavy atom. The van der Waals surface area contributed by atoms with Gasteiger partial charge in [0.05, 0.1) is 0 Å². The van der Waals surface area contributed by atoms with E-state index in [1.165, 1.54) is 12.5 Å². The summed E-state index contributed by atoms with van der Waals surface area (Å²) < 4.78 is 5.40. The number of para-hydroxylation sites is 1. The molecule has 0 atom stereocenters. The second-order valence-corrected chi connectivity index (χ2v) is 6.64. The Morgan fingerprint density at radius 1 is 0.963 bits per heavy atom. The Bertz CT molecular complexity index is 754. The molecule has 1 heterocycles. The van der Waals surface area contributed by atoms with Crippen LogP contribution in [-0.4, -0.2) is 54.5 Å². The zero-order valence-corrected chi connectivity index (χ0v) is 15.6. The number of ether oxygens (including phenoxy) is 1. The average Bonchev–Trinajstić information content (AvgIpc) is 2.68. The second-order valence-electron chi connectivity index (χ2n) is 6.64. The first kappa shape index (κ1) is 18.9. The van der Waals surface area contributed by atoms with Crippen molar-refractivity contribution in [2.24, 2.45) is 0 Å². The van der Waals surface area contributed by atoms with Gasteiger partial charge in [0.15, 0.2) is 0 Å². The molecule has 1 aliphatic rings. The molecule has 2 aromatic rings. The SMILES string of the molecule is CC(=O)Nc1ccc(CCN2CCN(C(=O)Oc3ccccc3)CC2)cc1. The number of benzene rings is 2. The van der Waals surface area contributed by atoms with E-state index >= 15 is 0 Å². The lowest BCUT2D eigenvalue weighted by molar-refractivity contribution is -0.114. The molecule has 6 nitrogen and oxygen atoms in total. The number of nitrogens with one attached hydrogen (secondary N) is 1. The first-order chi connectivity index (χ1) is 13.1. The van der Waals surface area contributed by atoms with Crippen LogP contribution < -0.4 is 10.1 Å². The van der Waals surface area contributed by atoms with Crippen molar-refractivity contribution >= 4 is 17.7 Å². The molecule has 3 rings (SSSR count). The highest BCUT2D eigenvalue weighted by Gasteiger charge is 2.22. The van der Waals surface area contributed by atoms with Crippen molar-refractivity contribution in [3.63, 3.8) is 0 Å². The third-order valence-corrected chi connectivity index (χ3v) is 4.57. The van der Waals surface area contributed by atoms with E-state index in [-0.39, 0.29) is 12.0 Å². The van der Waals surface area contributed by atoms with Gasteiger partial charge in [-0.1, -0.05) is 30.3 Å². The van der Waals surface area contributed by atoms with E-state index in [9.17, 15) is 9.59 Å². The van der Waals surface area contributed by atoms with Crippen LogP contribution >= 0.6 is 0 Å². The molecule has 6 heteroatoms. The fourth-order valence-corrected chi connectivity index (χ4v) is 3.05. The Morgan fingerprint density at radius 3 is 2.26 bits per heavy atom. The minimum Gasteiger partial charge on any atom is -0.410 e. The number of amides is 2. The number of carbonyl (C=O) groups excluding carboxylic acids is 2. The topological polar surface area (TPSA) is 61.9 Å². The maximum atomic E-state index is 12.2. The molecule has 0 spiro atoms. The fraction of sp³-hybridized carbons (Fsp3) is 0.333. The minimum absolute atomic E-state index is 0.0635. The first-order valence-electron chi connectivity index (χ1n) is 9.21. The molecule has 0 aliphatic carbocycles. The maximum absolute atomic E-state index is 12.2. The average molecular weight is 367 g/mol. The predicted octanol–water partition coefficient (Wildman–Crippen LogP) is 3.00. The molecular formula is C21H25N3O3. The van der Waals surface area contributed by atoms with Crippen molar-refractivity contribution in [2.75, 3.05) is 38.0 Å². The van der Waals surface area contributed by atoms with E-state index in [2.05, 4.69) is 10.2 Å². The molecule has 1 saturated heterocycles. The summed E-state index contributed by atoms with van der Waals surface area (Å²) >= 11 is 0. The van der Waals surface area contributed by atoms with Gasteiger partial charge in [0.25, 0.3) is 0 Å². The van der Waals surface area contributed by atoms with Crippen LogP contribution in [0.3, 0.4) is 0 Å². The van der Waals surface area contributed by atoms with Crippen molar-refractivity contribution in [3.8, 4) is 5.75 Å². The molecular weight excluding hydrogens is 342 g/mol. The van der Waals surface area contributed by atoms with Crippen LogP contribution in [0.25, 0.3) is 0 Å². The number of hydrogen-bond donors (Lipinski definition) is 1. The van der Waals surface area contributed by atoms with Crippen LogP contribution in [-0.2, 0) is 11.2 Å². The van der Waals surface area contributed by atoms with Gasteiger partial charge in [-0.15, -0.1) is 0 Å². The fourth-order valence-electron chi connectivity index (χ4n) is 3.05. The molecule has 0 unspecified atom stereocenters. The Labute approximate surface area is 159 Å². The van der Waals surface area contributed by atoms with E-state index < -0.39 is 0 Å². The van der Waals surface area contributed by atoms with Crippen LogP contribution in [0.1, 0.15) is 12.5 Å². The quantitative estimate of drug-likeness (QED) is 0.882. The summed E-state index contributed by atoms with van der Waals surface area (Å²) in [6.45, 7) is 5.48. The molecule has 27 heavy (non-hydrogen) atoms. The summed E-state index contributed by atoms with van der Waals surface area (Å²) in [6, 6.07) is 17.1. The minimum atomic E-state index is -0.283. The van der Waals surface area contributed by atoms with Gasteiger partial charge in [0, 0.05) is 45.3 Å². The van der Waals surface area contributed by atoms with Crippen LogP contribution in [0.5, 0.6) is 5.75 Å². The summed E-state index contributed by atoms with van der Waals surface area (Å²) in [5.41, 5.74) is 2.05. The summed E-state index contributed by atoms with van der Waals surface area (Å²) in [7, 11) is 0. The third kappa shape index (κ3) is 5.82. The number of rotatable bonds is 5. The smallest absolute Gasteiger partial charge is 0.410 e. The van der Waals surface area contributed by atoms with Crippen LogP contribution in [0.15, 0.2) is 54.6 Å². The van der Waals surface area contributed by atoms with Gasteiger partial charge >= 0.3 is 6.09 Å². The summed E-state index contributed by atoms with van der Waals surface area (Å²) in [5.74, 6) is 0.513. The van der Waals surface area contributed by atoms with Crippen molar-refractivity contribution in [1.29, 1.82) is 0 Å². The van der Waals surface area contributed by atoms with Gasteiger partial charge in [-0.2, -0.15) is 0 Å². The molecule has 0 saturated carbocycles. The Balaban J connectivity index is 1.40. The van der Waals surface area contributed by atoms with Crippen molar-refractivity contribution in [3.05, 3.63) is 60.2 Å². The lowest BCUT2D eigenvalue weighted by Crippen LogP contribution is -2.49. The molecule has 0 aromatic heterocycles. The van der Waals surface area contributed by atoms with E-state index in [0.29, 0.717) is 18.8 Å². The van der Waals surface area contributed by atoms with E-state index in [1.54, 1.807) is 17.0 Å². The number of carbonyl (C=O) groups is 2. The summed E-state index contributed by atoms with van der Waals surface area (Å²) in [4.78, 5) is 27.4. The molecule has 2 amide bonds. The zero-order chi connectivity index (χ0) is 19.1. The highest BCUT2D eigenvalue weighted by Crippen LogP contribution is 2.13. The standard InChI is InChI=1S/C21H25N3O3/c1-17(25)22-19-9-7-18(8-10-19)11-12-23-13-15-24(16-14-23)21(26)27-20-5-3-2-4-6-20/h2-10H,11-16H2,1H3,(H,22,25). The number of hydrogen-bond acceptors (Lipinski definition) is 4. The van der Waals surface area contributed by atoms with E-state index in [1.807, 2.05) is 42.5 Å². The van der Waals surface area contributed by atoms with Crippen molar-refractivity contribution < 1.29 is 14.3 Å². The van der Waals surface area contributed by atoms with Crippen LogP contribution in [0.2, 0.25) is 0 Å². The van der Waals surface area contributed by atoms with Crippen LogP contribution in [0.4, 0.5) is 10.5 Å². The molecule has 2 aromatic carbocycles. The number of piperazine rings is 1.